The number of carbonyl (C=O) groups excluding carboxylic acids is 1. The van der Waals surface area contributed by atoms with E-state index in [1.165, 1.54) is 4.68 Å². The normalized spacial score (nSPS) is 12.1. The maximum absolute atomic E-state index is 12.8. The largest absolute Gasteiger partial charge is 0.299 e. The number of ketones is 1. The minimum Gasteiger partial charge on any atom is -0.299 e. The van der Waals surface area contributed by atoms with Crippen LogP contribution >= 0.6 is 0 Å². The number of rotatable bonds is 8. The molecule has 0 spiro atoms. The first-order valence-corrected chi connectivity index (χ1v) is 10.2. The molecule has 0 saturated carbocycles. The third-order valence-corrected chi connectivity index (χ3v) is 5.23. The van der Waals surface area contributed by atoms with Crippen LogP contribution in [0.3, 0.4) is 0 Å². The molecule has 4 rings (SSSR count). The number of nitrogens with one attached hydrogen (secondary N) is 1. The van der Waals surface area contributed by atoms with Crippen LogP contribution in [0.25, 0.3) is 16.9 Å². The Morgan fingerprint density at radius 1 is 1.23 bits per heavy atom. The summed E-state index contributed by atoms with van der Waals surface area (Å²) in [7, 11) is 0. The fraction of sp³-hybridized carbons (Fsp3) is 0.261. The molecule has 4 aromatic heterocycles. The van der Waals surface area contributed by atoms with Crippen molar-refractivity contribution in [3.63, 3.8) is 0 Å². The Labute approximate surface area is 179 Å². The van der Waals surface area contributed by atoms with E-state index in [0.29, 0.717) is 30.8 Å². The van der Waals surface area contributed by atoms with E-state index in [2.05, 4.69) is 20.2 Å². The van der Waals surface area contributed by atoms with Gasteiger partial charge in [0.05, 0.1) is 17.8 Å². The van der Waals surface area contributed by atoms with Gasteiger partial charge in [0.15, 0.2) is 5.82 Å². The van der Waals surface area contributed by atoms with Crippen molar-refractivity contribution in [3.05, 3.63) is 82.9 Å². The minimum atomic E-state index is -0.197. The Morgan fingerprint density at radius 2 is 2.10 bits per heavy atom. The molecule has 0 aliphatic heterocycles. The summed E-state index contributed by atoms with van der Waals surface area (Å²) in [6.07, 6.45) is 9.52. The van der Waals surface area contributed by atoms with Gasteiger partial charge in [0, 0.05) is 48.9 Å². The van der Waals surface area contributed by atoms with Gasteiger partial charge < -0.3 is 0 Å². The molecule has 1 unspecified atom stereocenters. The zero-order chi connectivity index (χ0) is 21.8. The fourth-order valence-corrected chi connectivity index (χ4v) is 3.47. The van der Waals surface area contributed by atoms with E-state index in [1.54, 1.807) is 35.5 Å². The Hall–Kier alpha value is -3.81. The van der Waals surface area contributed by atoms with Crippen molar-refractivity contribution in [1.29, 1.82) is 0 Å². The monoisotopic (exact) mass is 416 g/mol. The van der Waals surface area contributed by atoms with Crippen LogP contribution in [0.5, 0.6) is 0 Å². The number of carbonyl (C=O) groups is 1. The van der Waals surface area contributed by atoms with Crippen molar-refractivity contribution in [1.82, 2.24) is 29.5 Å². The molecule has 8 nitrogen and oxygen atoms in total. The summed E-state index contributed by atoms with van der Waals surface area (Å²) in [4.78, 5) is 33.8. The van der Waals surface area contributed by atoms with Crippen LogP contribution in [-0.2, 0) is 17.8 Å². The first kappa shape index (κ1) is 20.5. The van der Waals surface area contributed by atoms with Crippen molar-refractivity contribution in [2.24, 2.45) is 5.92 Å². The number of hydrogen-bond donors (Lipinski definition) is 1. The number of aryl methyl sites for hydroxylation is 2. The van der Waals surface area contributed by atoms with Crippen LogP contribution in [-0.4, -0.2) is 35.3 Å². The van der Waals surface area contributed by atoms with Gasteiger partial charge in [-0.1, -0.05) is 13.0 Å². The van der Waals surface area contributed by atoms with Gasteiger partial charge in [-0.05, 0) is 43.2 Å². The first-order valence-electron chi connectivity index (χ1n) is 10.2. The molecule has 0 fully saturated rings. The van der Waals surface area contributed by atoms with Crippen LogP contribution in [0.1, 0.15) is 24.6 Å². The number of aromatic amines is 1. The first-order chi connectivity index (χ1) is 15.0. The number of pyridine rings is 2. The molecule has 0 radical (unpaired) electrons. The number of aromatic nitrogens is 6. The maximum Gasteiger partial charge on any atom is 0.280 e. The highest BCUT2D eigenvalue weighted by Crippen LogP contribution is 2.15. The van der Waals surface area contributed by atoms with Gasteiger partial charge in [-0.15, -0.1) is 0 Å². The van der Waals surface area contributed by atoms with Crippen LogP contribution in [0.15, 0.2) is 66.1 Å². The van der Waals surface area contributed by atoms with Crippen molar-refractivity contribution >= 4 is 5.78 Å². The lowest BCUT2D eigenvalue weighted by atomic mass is 10.00. The molecule has 0 saturated heterocycles. The second-order valence-electron chi connectivity index (χ2n) is 7.64. The summed E-state index contributed by atoms with van der Waals surface area (Å²) >= 11 is 0. The number of H-pyrrole nitrogens is 1. The van der Waals surface area contributed by atoms with Gasteiger partial charge in [0.1, 0.15) is 5.78 Å². The molecule has 4 heterocycles. The predicted molar refractivity (Wildman–Crippen MR) is 117 cm³/mol. The van der Waals surface area contributed by atoms with Crippen LogP contribution in [0.4, 0.5) is 0 Å². The summed E-state index contributed by atoms with van der Waals surface area (Å²) in [5, 5.41) is 7.31. The third kappa shape index (κ3) is 4.69. The van der Waals surface area contributed by atoms with E-state index in [0.717, 1.165) is 16.8 Å². The summed E-state index contributed by atoms with van der Waals surface area (Å²) in [6, 6.07) is 9.26. The highest BCUT2D eigenvalue weighted by molar-refractivity contribution is 5.80. The average molecular weight is 416 g/mol. The molecule has 0 amide bonds. The molecule has 0 aromatic carbocycles. The molecular formula is C23H24N6O2. The van der Waals surface area contributed by atoms with Crippen LogP contribution in [0, 0.1) is 12.8 Å². The zero-order valence-corrected chi connectivity index (χ0v) is 17.5. The Bertz CT molecular complexity index is 1240. The molecule has 4 aromatic rings. The molecule has 8 heteroatoms. The smallest absolute Gasteiger partial charge is 0.280 e. The summed E-state index contributed by atoms with van der Waals surface area (Å²) in [5.41, 5.74) is 2.96. The van der Waals surface area contributed by atoms with Crippen LogP contribution in [0.2, 0.25) is 0 Å². The highest BCUT2D eigenvalue weighted by Gasteiger charge is 2.15. The SMILES string of the molecule is Cc1ccn(CC(C)C(=O)CCc2ccnc(-n3[nH]cc(-c4cccnc4)c3=O)c2)n1. The van der Waals surface area contributed by atoms with Gasteiger partial charge in [0.2, 0.25) is 0 Å². The average Bonchev–Trinajstić information content (AvgIpc) is 3.37. The Kier molecular flexibility index (Phi) is 5.88. The van der Waals surface area contributed by atoms with Crippen LogP contribution < -0.4 is 5.56 Å². The predicted octanol–water partition coefficient (Wildman–Crippen LogP) is 2.97. The standard InChI is InChI=1S/C23H24N6O2/c1-16(15-28-11-8-17(2)27-28)21(30)6-5-18-7-10-25-22(12-18)29-23(31)20(14-26-29)19-4-3-9-24-13-19/h3-4,7-14,16,26H,5-6,15H2,1-2H3. The summed E-state index contributed by atoms with van der Waals surface area (Å²) < 4.78 is 3.20. The number of Topliss-reactive ketones (excluding diaryl/α,β-unsaturated/α-hetero) is 1. The lowest BCUT2D eigenvalue weighted by Gasteiger charge is -2.11. The second kappa shape index (κ2) is 8.91. The minimum absolute atomic E-state index is 0.117. The molecule has 0 aliphatic carbocycles. The topological polar surface area (TPSA) is 98.5 Å². The van der Waals surface area contributed by atoms with E-state index in [4.69, 9.17) is 0 Å². The lowest BCUT2D eigenvalue weighted by Crippen LogP contribution is -2.19. The maximum atomic E-state index is 12.8. The molecule has 1 N–H and O–H groups in total. The van der Waals surface area contributed by atoms with E-state index < -0.39 is 0 Å². The molecular weight excluding hydrogens is 392 g/mol. The van der Waals surface area contributed by atoms with Gasteiger partial charge >= 0.3 is 0 Å². The van der Waals surface area contributed by atoms with Crippen molar-refractivity contribution < 1.29 is 4.79 Å². The van der Waals surface area contributed by atoms with E-state index in [1.807, 2.05) is 44.3 Å². The number of nitrogens with zero attached hydrogens (tertiary/aromatic N) is 5. The summed E-state index contributed by atoms with van der Waals surface area (Å²) in [5.74, 6) is 0.557. The molecule has 1 atom stereocenters. The quantitative estimate of drug-likeness (QED) is 0.476. The molecule has 0 aliphatic rings. The number of hydrogen-bond acceptors (Lipinski definition) is 5. The third-order valence-electron chi connectivity index (χ3n) is 5.23. The lowest BCUT2D eigenvalue weighted by molar-refractivity contribution is -0.122. The molecule has 31 heavy (non-hydrogen) atoms. The van der Waals surface area contributed by atoms with Gasteiger partial charge in [-0.25, -0.2) is 9.67 Å². The Morgan fingerprint density at radius 3 is 2.84 bits per heavy atom. The van der Waals surface area contributed by atoms with Crippen molar-refractivity contribution in [3.8, 4) is 16.9 Å². The van der Waals surface area contributed by atoms with Gasteiger partial charge in [0.25, 0.3) is 5.56 Å². The zero-order valence-electron chi connectivity index (χ0n) is 17.5. The van der Waals surface area contributed by atoms with E-state index >= 15 is 0 Å². The van der Waals surface area contributed by atoms with Crippen molar-refractivity contribution in [2.45, 2.75) is 33.2 Å². The summed E-state index contributed by atoms with van der Waals surface area (Å²) in [6.45, 7) is 4.43. The molecule has 0 bridgehead atoms. The fourth-order valence-electron chi connectivity index (χ4n) is 3.47. The van der Waals surface area contributed by atoms with Crippen molar-refractivity contribution in [2.75, 3.05) is 0 Å². The van der Waals surface area contributed by atoms with Gasteiger partial charge in [-0.2, -0.15) is 5.10 Å². The second-order valence-corrected chi connectivity index (χ2v) is 7.64. The Balaban J connectivity index is 1.44. The van der Waals surface area contributed by atoms with E-state index in [-0.39, 0.29) is 17.3 Å². The van der Waals surface area contributed by atoms with Gasteiger partial charge in [-0.3, -0.25) is 24.4 Å². The molecule has 158 valence electrons. The van der Waals surface area contributed by atoms with E-state index in [9.17, 15) is 9.59 Å². The highest BCUT2D eigenvalue weighted by atomic mass is 16.1.